The number of hydrogen-bond donors (Lipinski definition) is 0. The molecule has 1 saturated heterocycles. The van der Waals surface area contributed by atoms with Crippen LogP contribution in [-0.2, 0) is 11.3 Å². The average molecular weight is 448 g/mol. The molecule has 1 aliphatic rings. The summed E-state index contributed by atoms with van der Waals surface area (Å²) in [4.78, 5) is 37.6. The maximum atomic E-state index is 12.9. The van der Waals surface area contributed by atoms with Gasteiger partial charge in [0.15, 0.2) is 0 Å². The summed E-state index contributed by atoms with van der Waals surface area (Å²) in [6.45, 7) is 6.05. The Bertz CT molecular complexity index is 1270. The molecule has 3 aromatic rings. The molecular weight excluding hydrogens is 426 g/mol. The van der Waals surface area contributed by atoms with Gasteiger partial charge in [-0.15, -0.1) is 0 Å². The monoisotopic (exact) mass is 447 g/mol. The fourth-order valence-corrected chi connectivity index (χ4v) is 4.65. The molecule has 7 nitrogen and oxygen atoms in total. The molecule has 2 aromatic carbocycles. The summed E-state index contributed by atoms with van der Waals surface area (Å²) >= 11 is 0.939. The predicted octanol–water partition coefficient (Wildman–Crippen LogP) is 5.55. The van der Waals surface area contributed by atoms with E-state index in [0.29, 0.717) is 4.91 Å². The van der Waals surface area contributed by atoms with Crippen LogP contribution in [0.2, 0.25) is 0 Å². The van der Waals surface area contributed by atoms with Crippen LogP contribution in [0.1, 0.15) is 28.1 Å². The van der Waals surface area contributed by atoms with Gasteiger partial charge in [-0.3, -0.25) is 24.6 Å². The quantitative estimate of drug-likeness (QED) is 0.291. The van der Waals surface area contributed by atoms with Gasteiger partial charge in [0.2, 0.25) is 0 Å². The van der Waals surface area contributed by atoms with Gasteiger partial charge in [0.05, 0.1) is 16.4 Å². The van der Waals surface area contributed by atoms with Crippen LogP contribution in [0.15, 0.2) is 59.5 Å². The predicted molar refractivity (Wildman–Crippen MR) is 125 cm³/mol. The van der Waals surface area contributed by atoms with Crippen LogP contribution in [-0.4, -0.2) is 25.5 Å². The number of carbonyl (C=O) groups is 2. The molecule has 0 N–H and O–H groups in total. The van der Waals surface area contributed by atoms with Gasteiger partial charge in [0, 0.05) is 29.2 Å². The highest BCUT2D eigenvalue weighted by Crippen LogP contribution is 2.34. The number of hydrogen-bond acceptors (Lipinski definition) is 5. The van der Waals surface area contributed by atoms with E-state index in [1.165, 1.54) is 17.0 Å². The molecular formula is C24H21N3O4S. The molecule has 2 amide bonds. The number of thioether (sulfide) groups is 1. The third kappa shape index (κ3) is 4.09. The van der Waals surface area contributed by atoms with Crippen LogP contribution >= 0.6 is 11.8 Å². The molecule has 0 spiro atoms. The molecule has 1 aliphatic heterocycles. The van der Waals surface area contributed by atoms with E-state index in [1.54, 1.807) is 18.2 Å². The Morgan fingerprint density at radius 2 is 1.75 bits per heavy atom. The van der Waals surface area contributed by atoms with Crippen molar-refractivity contribution in [3.05, 3.63) is 97.7 Å². The summed E-state index contributed by atoms with van der Waals surface area (Å²) in [5.74, 6) is -0.304. The van der Waals surface area contributed by atoms with Crippen LogP contribution in [0.4, 0.5) is 10.5 Å². The fraction of sp³-hybridized carbons (Fsp3) is 0.167. The van der Waals surface area contributed by atoms with Gasteiger partial charge in [-0.05, 0) is 67.9 Å². The molecule has 32 heavy (non-hydrogen) atoms. The van der Waals surface area contributed by atoms with Gasteiger partial charge in [0.1, 0.15) is 0 Å². The second-order valence-corrected chi connectivity index (χ2v) is 8.69. The molecule has 1 aromatic heterocycles. The molecule has 0 aliphatic carbocycles. The number of rotatable bonds is 5. The van der Waals surface area contributed by atoms with Crippen molar-refractivity contribution in [2.45, 2.75) is 27.3 Å². The highest BCUT2D eigenvalue weighted by molar-refractivity contribution is 8.18. The number of nitro groups is 1. The summed E-state index contributed by atoms with van der Waals surface area (Å²) in [6.07, 6.45) is 1.74. The lowest BCUT2D eigenvalue weighted by Crippen LogP contribution is -2.27. The molecule has 4 rings (SSSR count). The average Bonchev–Trinajstić information content (AvgIpc) is 3.17. The van der Waals surface area contributed by atoms with Gasteiger partial charge in [-0.25, -0.2) is 0 Å². The van der Waals surface area contributed by atoms with Crippen molar-refractivity contribution < 1.29 is 14.5 Å². The third-order valence-electron chi connectivity index (χ3n) is 5.37. The Labute approximate surface area is 189 Å². The van der Waals surface area contributed by atoms with E-state index in [2.05, 4.69) is 0 Å². The highest BCUT2D eigenvalue weighted by atomic mass is 32.2. The zero-order valence-electron chi connectivity index (χ0n) is 17.9. The Morgan fingerprint density at radius 1 is 1.03 bits per heavy atom. The van der Waals surface area contributed by atoms with Crippen LogP contribution < -0.4 is 0 Å². The normalized spacial score (nSPS) is 15.1. The van der Waals surface area contributed by atoms with Crippen LogP contribution in [0.25, 0.3) is 11.8 Å². The molecule has 0 atom stereocenters. The Kier molecular flexibility index (Phi) is 5.71. The van der Waals surface area contributed by atoms with Crippen LogP contribution in [0, 0.1) is 30.9 Å². The second-order valence-electron chi connectivity index (χ2n) is 7.69. The molecule has 162 valence electrons. The molecule has 1 fully saturated rings. The van der Waals surface area contributed by atoms with Gasteiger partial charge >= 0.3 is 0 Å². The molecule has 0 unspecified atom stereocenters. The molecule has 0 radical (unpaired) electrons. The molecule has 0 bridgehead atoms. The minimum Gasteiger partial charge on any atom is -0.318 e. The lowest BCUT2D eigenvalue weighted by molar-refractivity contribution is -0.384. The second kappa shape index (κ2) is 8.47. The number of imide groups is 1. The summed E-state index contributed by atoms with van der Waals surface area (Å²) in [5, 5.41) is 10.6. The topological polar surface area (TPSA) is 85.4 Å². The van der Waals surface area contributed by atoms with Crippen molar-refractivity contribution in [2.24, 2.45) is 0 Å². The zero-order valence-corrected chi connectivity index (χ0v) is 18.7. The lowest BCUT2D eigenvalue weighted by atomic mass is 10.1. The first-order chi connectivity index (χ1) is 15.2. The van der Waals surface area contributed by atoms with Gasteiger partial charge in [-0.2, -0.15) is 0 Å². The number of non-ortho nitro benzene ring substituents is 1. The van der Waals surface area contributed by atoms with Crippen molar-refractivity contribution in [1.82, 2.24) is 9.47 Å². The summed E-state index contributed by atoms with van der Waals surface area (Å²) in [7, 11) is 0. The number of carbonyl (C=O) groups excluding carboxylic acids is 2. The van der Waals surface area contributed by atoms with Crippen molar-refractivity contribution in [1.29, 1.82) is 0 Å². The Balaban J connectivity index is 1.61. The number of benzene rings is 2. The van der Waals surface area contributed by atoms with Crippen molar-refractivity contribution >= 4 is 34.7 Å². The van der Waals surface area contributed by atoms with Gasteiger partial charge in [0.25, 0.3) is 16.8 Å². The summed E-state index contributed by atoms with van der Waals surface area (Å²) in [5.41, 5.74) is 5.41. The zero-order chi connectivity index (χ0) is 23.0. The summed E-state index contributed by atoms with van der Waals surface area (Å²) in [6, 6.07) is 16.0. The molecule has 8 heteroatoms. The van der Waals surface area contributed by atoms with E-state index in [1.807, 2.05) is 55.7 Å². The fourth-order valence-electron chi connectivity index (χ4n) is 3.83. The number of aromatic nitrogens is 1. The minimum atomic E-state index is -0.433. The van der Waals surface area contributed by atoms with E-state index >= 15 is 0 Å². The Morgan fingerprint density at radius 3 is 2.41 bits per heavy atom. The highest BCUT2D eigenvalue weighted by Gasteiger charge is 2.35. The van der Waals surface area contributed by atoms with Crippen molar-refractivity contribution in [3.63, 3.8) is 0 Å². The van der Waals surface area contributed by atoms with Gasteiger partial charge < -0.3 is 4.57 Å². The van der Waals surface area contributed by atoms with Crippen LogP contribution in [0.3, 0.4) is 0 Å². The van der Waals surface area contributed by atoms with Gasteiger partial charge in [-0.1, -0.05) is 29.8 Å². The van der Waals surface area contributed by atoms with E-state index in [4.69, 9.17) is 0 Å². The van der Waals surface area contributed by atoms with Crippen molar-refractivity contribution in [2.75, 3.05) is 0 Å². The molecule has 0 saturated carbocycles. The third-order valence-corrected chi connectivity index (χ3v) is 6.28. The summed E-state index contributed by atoms with van der Waals surface area (Å²) < 4.78 is 1.96. The number of amides is 2. The molecule has 2 heterocycles. The lowest BCUT2D eigenvalue weighted by Gasteiger charge is -2.12. The minimum absolute atomic E-state index is 0.0266. The maximum Gasteiger partial charge on any atom is 0.293 e. The standard InChI is InChI=1S/C24H21N3O4S/c1-15-5-4-6-18(11-15)14-25-23(28)22(32-24(25)29)13-19-12-16(2)26(17(19)3)20-7-9-21(10-8-20)27(30)31/h4-13H,14H2,1-3H3/b22-13-. The van der Waals surface area contributed by atoms with E-state index in [9.17, 15) is 19.7 Å². The van der Waals surface area contributed by atoms with E-state index in [0.717, 1.165) is 45.5 Å². The maximum absolute atomic E-state index is 12.9. The van der Waals surface area contributed by atoms with E-state index < -0.39 is 4.92 Å². The number of nitro benzene ring substituents is 1. The number of aryl methyl sites for hydroxylation is 2. The van der Waals surface area contributed by atoms with E-state index in [-0.39, 0.29) is 23.4 Å². The van der Waals surface area contributed by atoms with Crippen LogP contribution in [0.5, 0.6) is 0 Å². The largest absolute Gasteiger partial charge is 0.318 e. The SMILES string of the molecule is Cc1cccc(CN2C(=O)S/C(=C\c3cc(C)n(-c4ccc([N+](=O)[O-])cc4)c3C)C2=O)c1. The Hall–Kier alpha value is -3.65. The first kappa shape index (κ1) is 21.6. The number of nitrogens with zero attached hydrogens (tertiary/aromatic N) is 3. The smallest absolute Gasteiger partial charge is 0.293 e. The first-order valence-corrected chi connectivity index (χ1v) is 10.8. The van der Waals surface area contributed by atoms with Crippen molar-refractivity contribution in [3.8, 4) is 5.69 Å². The first-order valence-electron chi connectivity index (χ1n) is 9.99.